The van der Waals surface area contributed by atoms with Crippen molar-refractivity contribution in [2.45, 2.75) is 50.0 Å². The van der Waals surface area contributed by atoms with E-state index in [0.29, 0.717) is 6.42 Å². The maximum absolute atomic E-state index is 11.2. The van der Waals surface area contributed by atoms with Crippen LogP contribution in [0.4, 0.5) is 0 Å². The van der Waals surface area contributed by atoms with Crippen LogP contribution in [0.15, 0.2) is 0 Å². The number of hydrogen-bond donors (Lipinski definition) is 2. The summed E-state index contributed by atoms with van der Waals surface area (Å²) >= 11 is 3.65. The molecular weight excluding hydrogens is 258 g/mol. The van der Waals surface area contributed by atoms with E-state index in [4.69, 9.17) is 5.73 Å². The Kier molecular flexibility index (Phi) is 2.26. The number of aliphatic hydroxyl groups excluding tert-OH is 1. The lowest BCUT2D eigenvalue weighted by Crippen LogP contribution is -2.47. The molecule has 0 aromatic heterocycles. The van der Waals surface area contributed by atoms with Crippen LogP contribution >= 0.6 is 15.9 Å². The molecule has 0 aromatic rings. The summed E-state index contributed by atoms with van der Waals surface area (Å²) in [7, 11) is 0. The Bertz CT molecular complexity index is 318. The molecule has 2 rings (SSSR count). The summed E-state index contributed by atoms with van der Waals surface area (Å²) in [5, 5.41) is 10.3. The first-order valence-corrected chi connectivity index (χ1v) is 6.18. The van der Waals surface area contributed by atoms with Gasteiger partial charge in [0.2, 0.25) is 5.91 Å². The lowest BCUT2D eigenvalue weighted by atomic mass is 9.62. The van der Waals surface area contributed by atoms with Crippen molar-refractivity contribution in [3.8, 4) is 0 Å². The van der Waals surface area contributed by atoms with Gasteiger partial charge < -0.3 is 10.8 Å². The largest absolute Gasteiger partial charge is 0.391 e. The molecular formula is C11H18BrNO2. The van der Waals surface area contributed by atoms with Crippen molar-refractivity contribution in [1.29, 1.82) is 0 Å². The molecule has 0 heterocycles. The fourth-order valence-corrected chi connectivity index (χ4v) is 4.93. The normalized spacial score (nSPS) is 47.1. The standard InChI is InChI=1S/C11H18BrNO2/c1-9(2)8(15)11(12)4-3-10(9,6-11)5-7(13)14/h8,15H,3-6H2,1-2H3,(H2,13,14)/t8-,10-,11-/m1/s1. The van der Waals surface area contributed by atoms with Gasteiger partial charge in [-0.15, -0.1) is 0 Å². The molecule has 2 aliphatic carbocycles. The molecule has 86 valence electrons. The van der Waals surface area contributed by atoms with Gasteiger partial charge >= 0.3 is 0 Å². The molecule has 3 atom stereocenters. The van der Waals surface area contributed by atoms with Crippen LogP contribution in [0.25, 0.3) is 0 Å². The molecule has 2 aliphatic rings. The molecule has 3 nitrogen and oxygen atoms in total. The molecule has 1 amide bonds. The van der Waals surface area contributed by atoms with E-state index in [1.54, 1.807) is 0 Å². The SMILES string of the molecule is CC1(C)[C@@H](O)[C@@]2(Br)CC[C@@]1(CC(N)=O)C2. The van der Waals surface area contributed by atoms with Gasteiger partial charge in [0.1, 0.15) is 0 Å². The molecule has 0 aliphatic heterocycles. The molecule has 2 bridgehead atoms. The number of rotatable bonds is 2. The summed E-state index contributed by atoms with van der Waals surface area (Å²) in [6, 6.07) is 0. The Labute approximate surface area is 98.5 Å². The van der Waals surface area contributed by atoms with Gasteiger partial charge in [-0.1, -0.05) is 29.8 Å². The number of hydrogen-bond acceptors (Lipinski definition) is 2. The zero-order valence-electron chi connectivity index (χ0n) is 9.22. The third kappa shape index (κ3) is 1.30. The summed E-state index contributed by atoms with van der Waals surface area (Å²) < 4.78 is -0.189. The number of alkyl halides is 1. The Hall–Kier alpha value is -0.0900. The number of nitrogens with two attached hydrogens (primary N) is 1. The third-order valence-corrected chi connectivity index (χ3v) is 5.82. The van der Waals surface area contributed by atoms with Gasteiger partial charge in [0.25, 0.3) is 0 Å². The molecule has 3 N–H and O–H groups in total. The van der Waals surface area contributed by atoms with Gasteiger partial charge in [-0.25, -0.2) is 0 Å². The maximum Gasteiger partial charge on any atom is 0.217 e. The van der Waals surface area contributed by atoms with Crippen LogP contribution < -0.4 is 5.73 Å². The van der Waals surface area contributed by atoms with Crippen LogP contribution in [0.1, 0.15) is 39.5 Å². The Morgan fingerprint density at radius 3 is 2.53 bits per heavy atom. The molecule has 4 heteroatoms. The number of primary amides is 1. The van der Waals surface area contributed by atoms with Crippen LogP contribution in [0.5, 0.6) is 0 Å². The molecule has 0 spiro atoms. The predicted octanol–water partition coefficient (Wildman–Crippen LogP) is 1.57. The maximum atomic E-state index is 11.2. The van der Waals surface area contributed by atoms with Crippen molar-refractivity contribution >= 4 is 21.8 Å². The number of halogens is 1. The highest BCUT2D eigenvalue weighted by Gasteiger charge is 2.68. The zero-order valence-corrected chi connectivity index (χ0v) is 10.8. The first kappa shape index (κ1) is 11.4. The third-order valence-electron chi connectivity index (χ3n) is 4.70. The molecule has 0 unspecified atom stereocenters. The van der Waals surface area contributed by atoms with E-state index in [1.807, 2.05) is 13.8 Å². The van der Waals surface area contributed by atoms with E-state index >= 15 is 0 Å². The highest BCUT2D eigenvalue weighted by atomic mass is 79.9. The number of carbonyl (C=O) groups excluding carboxylic acids is 1. The molecule has 2 saturated carbocycles. The van der Waals surface area contributed by atoms with Gasteiger partial charge in [0.05, 0.1) is 10.4 Å². The van der Waals surface area contributed by atoms with Gasteiger partial charge in [-0.05, 0) is 30.1 Å². The fourth-order valence-electron chi connectivity index (χ4n) is 3.62. The van der Waals surface area contributed by atoms with Gasteiger partial charge in [-0.2, -0.15) is 0 Å². The fraction of sp³-hybridized carbons (Fsp3) is 0.909. The topological polar surface area (TPSA) is 63.3 Å². The average Bonchev–Trinajstić information content (AvgIpc) is 2.48. The second-order valence-electron chi connectivity index (χ2n) is 5.76. The van der Waals surface area contributed by atoms with Crippen LogP contribution in [-0.4, -0.2) is 21.4 Å². The summed E-state index contributed by atoms with van der Waals surface area (Å²) in [6.07, 6.45) is 2.77. The van der Waals surface area contributed by atoms with Crippen LogP contribution in [-0.2, 0) is 4.79 Å². The minimum atomic E-state index is -0.391. The summed E-state index contributed by atoms with van der Waals surface area (Å²) in [6.45, 7) is 4.09. The second-order valence-corrected chi connectivity index (χ2v) is 7.34. The smallest absolute Gasteiger partial charge is 0.217 e. The predicted molar refractivity (Wildman–Crippen MR) is 61.5 cm³/mol. The number of fused-ring (bicyclic) bond motifs is 2. The van der Waals surface area contributed by atoms with Crippen molar-refractivity contribution < 1.29 is 9.90 Å². The van der Waals surface area contributed by atoms with Crippen molar-refractivity contribution in [2.75, 3.05) is 0 Å². The first-order valence-electron chi connectivity index (χ1n) is 5.39. The summed E-state index contributed by atoms with van der Waals surface area (Å²) in [5.74, 6) is -0.256. The monoisotopic (exact) mass is 275 g/mol. The minimum absolute atomic E-state index is 0.109. The lowest BCUT2D eigenvalue weighted by Gasteiger charge is -2.45. The van der Waals surface area contributed by atoms with E-state index in [1.165, 1.54) is 0 Å². The first-order chi connectivity index (χ1) is 6.74. The van der Waals surface area contributed by atoms with Crippen LogP contribution in [0, 0.1) is 10.8 Å². The van der Waals surface area contributed by atoms with Crippen LogP contribution in [0.3, 0.4) is 0 Å². The van der Waals surface area contributed by atoms with E-state index in [9.17, 15) is 9.90 Å². The Morgan fingerprint density at radius 1 is 1.53 bits per heavy atom. The van der Waals surface area contributed by atoms with Crippen molar-refractivity contribution in [2.24, 2.45) is 16.6 Å². The zero-order chi connectivity index (χ0) is 11.5. The van der Waals surface area contributed by atoms with Crippen LogP contribution in [0.2, 0.25) is 0 Å². The minimum Gasteiger partial charge on any atom is -0.391 e. The summed E-state index contributed by atoms with van der Waals surface area (Å²) in [4.78, 5) is 11.2. The molecule has 0 saturated heterocycles. The number of amides is 1. The van der Waals surface area contributed by atoms with E-state index in [2.05, 4.69) is 15.9 Å². The van der Waals surface area contributed by atoms with Crippen molar-refractivity contribution in [3.05, 3.63) is 0 Å². The molecule has 0 aromatic carbocycles. The number of aliphatic hydroxyl groups is 1. The quantitative estimate of drug-likeness (QED) is 0.752. The lowest BCUT2D eigenvalue weighted by molar-refractivity contribution is -0.123. The molecule has 2 fully saturated rings. The molecule has 15 heavy (non-hydrogen) atoms. The van der Waals surface area contributed by atoms with Gasteiger partial charge in [-0.3, -0.25) is 4.79 Å². The van der Waals surface area contributed by atoms with E-state index < -0.39 is 6.10 Å². The van der Waals surface area contributed by atoms with Crippen molar-refractivity contribution in [1.82, 2.24) is 0 Å². The Balaban J connectivity index is 2.37. The van der Waals surface area contributed by atoms with E-state index in [0.717, 1.165) is 19.3 Å². The van der Waals surface area contributed by atoms with Gasteiger partial charge in [0, 0.05) is 6.42 Å². The highest BCUT2D eigenvalue weighted by Crippen LogP contribution is 2.69. The van der Waals surface area contributed by atoms with Crippen molar-refractivity contribution in [3.63, 3.8) is 0 Å². The highest BCUT2D eigenvalue weighted by molar-refractivity contribution is 9.10. The van der Waals surface area contributed by atoms with Gasteiger partial charge in [0.15, 0.2) is 0 Å². The van der Waals surface area contributed by atoms with E-state index in [-0.39, 0.29) is 21.1 Å². The molecule has 0 radical (unpaired) electrons. The number of carbonyl (C=O) groups is 1. The average molecular weight is 276 g/mol. The Morgan fingerprint density at radius 2 is 2.13 bits per heavy atom. The summed E-state index contributed by atoms with van der Waals surface area (Å²) in [5.41, 5.74) is 4.98. The second kappa shape index (κ2) is 2.98.